The Morgan fingerprint density at radius 1 is 1.56 bits per heavy atom. The molecule has 0 aromatic heterocycles. The number of aliphatic hydroxyl groups is 1. The molecule has 0 saturated heterocycles. The van der Waals surface area contributed by atoms with E-state index in [-0.39, 0.29) is 18.8 Å². The van der Waals surface area contributed by atoms with Crippen molar-refractivity contribution in [2.45, 2.75) is 19.1 Å². The molecule has 100 valence electrons. The molecule has 0 fully saturated rings. The fourth-order valence-corrected chi connectivity index (χ4v) is 2.05. The SMILES string of the molecule is CN(Cc1cc(Br)ccc1F)CC(O)CC(=O)O. The van der Waals surface area contributed by atoms with Gasteiger partial charge in [-0.3, -0.25) is 9.69 Å². The molecule has 0 aliphatic carbocycles. The molecular weight excluding hydrogens is 305 g/mol. The van der Waals surface area contributed by atoms with E-state index in [4.69, 9.17) is 5.11 Å². The second-order valence-electron chi connectivity index (χ2n) is 4.18. The number of carboxylic acid groups (broad SMARTS) is 1. The Morgan fingerprint density at radius 2 is 2.22 bits per heavy atom. The zero-order chi connectivity index (χ0) is 13.7. The van der Waals surface area contributed by atoms with E-state index in [1.165, 1.54) is 6.07 Å². The number of aliphatic hydroxyl groups excluding tert-OH is 1. The van der Waals surface area contributed by atoms with Crippen LogP contribution in [0.1, 0.15) is 12.0 Å². The maximum Gasteiger partial charge on any atom is 0.306 e. The second-order valence-corrected chi connectivity index (χ2v) is 5.10. The molecule has 0 saturated carbocycles. The molecule has 0 aliphatic heterocycles. The smallest absolute Gasteiger partial charge is 0.306 e. The number of benzene rings is 1. The van der Waals surface area contributed by atoms with Gasteiger partial charge in [0.15, 0.2) is 0 Å². The van der Waals surface area contributed by atoms with Crippen molar-refractivity contribution in [1.82, 2.24) is 4.90 Å². The molecule has 1 aromatic carbocycles. The van der Waals surface area contributed by atoms with Crippen molar-refractivity contribution in [3.05, 3.63) is 34.1 Å². The molecule has 0 amide bonds. The molecule has 4 nitrogen and oxygen atoms in total. The van der Waals surface area contributed by atoms with Crippen LogP contribution in [0.2, 0.25) is 0 Å². The summed E-state index contributed by atoms with van der Waals surface area (Å²) in [4.78, 5) is 12.1. The highest BCUT2D eigenvalue weighted by molar-refractivity contribution is 9.10. The zero-order valence-corrected chi connectivity index (χ0v) is 11.5. The fourth-order valence-electron chi connectivity index (χ4n) is 1.65. The average molecular weight is 320 g/mol. The number of rotatable bonds is 6. The van der Waals surface area contributed by atoms with Gasteiger partial charge in [0.1, 0.15) is 5.82 Å². The number of likely N-dealkylation sites (N-methyl/N-ethyl adjacent to an activating group) is 1. The van der Waals surface area contributed by atoms with Crippen molar-refractivity contribution >= 4 is 21.9 Å². The minimum Gasteiger partial charge on any atom is -0.481 e. The van der Waals surface area contributed by atoms with Gasteiger partial charge in [0.25, 0.3) is 0 Å². The molecule has 0 aliphatic rings. The summed E-state index contributed by atoms with van der Waals surface area (Å²) in [5, 5.41) is 18.0. The lowest BCUT2D eigenvalue weighted by atomic mass is 10.2. The van der Waals surface area contributed by atoms with Crippen LogP contribution in [0.15, 0.2) is 22.7 Å². The summed E-state index contributed by atoms with van der Waals surface area (Å²) in [6, 6.07) is 4.63. The molecule has 0 spiro atoms. The summed E-state index contributed by atoms with van der Waals surface area (Å²) in [6.45, 7) is 0.486. The van der Waals surface area contributed by atoms with Crippen LogP contribution < -0.4 is 0 Å². The van der Waals surface area contributed by atoms with Crippen LogP contribution in [0.5, 0.6) is 0 Å². The summed E-state index contributed by atoms with van der Waals surface area (Å²) < 4.78 is 14.2. The highest BCUT2D eigenvalue weighted by atomic mass is 79.9. The van der Waals surface area contributed by atoms with Crippen LogP contribution in [0.3, 0.4) is 0 Å². The first-order valence-electron chi connectivity index (χ1n) is 5.41. The van der Waals surface area contributed by atoms with E-state index in [1.54, 1.807) is 24.1 Å². The van der Waals surface area contributed by atoms with Gasteiger partial charge >= 0.3 is 5.97 Å². The average Bonchev–Trinajstić information content (AvgIpc) is 2.21. The first-order valence-corrected chi connectivity index (χ1v) is 6.20. The Hall–Kier alpha value is -0.980. The highest BCUT2D eigenvalue weighted by Crippen LogP contribution is 2.17. The van der Waals surface area contributed by atoms with Crippen LogP contribution >= 0.6 is 15.9 Å². The normalized spacial score (nSPS) is 12.7. The van der Waals surface area contributed by atoms with E-state index in [0.717, 1.165) is 4.47 Å². The molecule has 0 heterocycles. The van der Waals surface area contributed by atoms with Crippen molar-refractivity contribution in [2.75, 3.05) is 13.6 Å². The van der Waals surface area contributed by atoms with E-state index in [9.17, 15) is 14.3 Å². The zero-order valence-electron chi connectivity index (χ0n) is 9.94. The van der Waals surface area contributed by atoms with E-state index in [2.05, 4.69) is 15.9 Å². The molecule has 1 unspecified atom stereocenters. The van der Waals surface area contributed by atoms with E-state index < -0.39 is 12.1 Å². The number of halogens is 2. The number of carbonyl (C=O) groups is 1. The Kier molecular flexibility index (Phi) is 5.71. The summed E-state index contributed by atoms with van der Waals surface area (Å²) in [5.74, 6) is -1.37. The number of hydrogen-bond acceptors (Lipinski definition) is 3. The van der Waals surface area contributed by atoms with Crippen LogP contribution in [0.4, 0.5) is 4.39 Å². The monoisotopic (exact) mass is 319 g/mol. The van der Waals surface area contributed by atoms with Gasteiger partial charge in [0, 0.05) is 23.1 Å². The quantitative estimate of drug-likeness (QED) is 0.840. The molecule has 0 bridgehead atoms. The summed E-state index contributed by atoms with van der Waals surface area (Å²) in [7, 11) is 1.70. The third kappa shape index (κ3) is 5.12. The van der Waals surface area contributed by atoms with Crippen LogP contribution in [0, 0.1) is 5.82 Å². The van der Waals surface area contributed by atoms with Crippen LogP contribution in [-0.4, -0.2) is 40.8 Å². The standard InChI is InChI=1S/C12H15BrFNO3/c1-15(7-10(16)5-12(17)18)6-8-4-9(13)2-3-11(8)14/h2-4,10,16H,5-7H2,1H3,(H,17,18). The highest BCUT2D eigenvalue weighted by Gasteiger charge is 2.13. The third-order valence-electron chi connectivity index (χ3n) is 2.38. The molecule has 6 heteroatoms. The molecule has 1 rings (SSSR count). The molecule has 0 radical (unpaired) electrons. The minimum absolute atomic E-state index is 0.179. The lowest BCUT2D eigenvalue weighted by Gasteiger charge is -2.20. The number of hydrogen-bond donors (Lipinski definition) is 2. The van der Waals surface area contributed by atoms with Crippen LogP contribution in [-0.2, 0) is 11.3 Å². The molecule has 2 N–H and O–H groups in total. The minimum atomic E-state index is -1.05. The van der Waals surface area contributed by atoms with Crippen molar-refractivity contribution in [2.24, 2.45) is 0 Å². The Bertz CT molecular complexity index is 428. The lowest BCUT2D eigenvalue weighted by Crippen LogP contribution is -2.30. The maximum absolute atomic E-state index is 13.5. The maximum atomic E-state index is 13.5. The third-order valence-corrected chi connectivity index (χ3v) is 2.87. The van der Waals surface area contributed by atoms with Crippen molar-refractivity contribution in [3.8, 4) is 0 Å². The Morgan fingerprint density at radius 3 is 2.83 bits per heavy atom. The van der Waals surface area contributed by atoms with Gasteiger partial charge in [-0.05, 0) is 25.2 Å². The van der Waals surface area contributed by atoms with E-state index in [0.29, 0.717) is 12.1 Å². The predicted molar refractivity (Wildman–Crippen MR) is 68.7 cm³/mol. The van der Waals surface area contributed by atoms with Gasteiger partial charge in [0.2, 0.25) is 0 Å². The van der Waals surface area contributed by atoms with Gasteiger partial charge in [-0.15, -0.1) is 0 Å². The van der Waals surface area contributed by atoms with Crippen molar-refractivity contribution in [1.29, 1.82) is 0 Å². The topological polar surface area (TPSA) is 60.8 Å². The van der Waals surface area contributed by atoms with Gasteiger partial charge in [-0.2, -0.15) is 0 Å². The summed E-state index contributed by atoms with van der Waals surface area (Å²) in [5.41, 5.74) is 0.495. The number of aliphatic carboxylic acids is 1. The number of nitrogens with zero attached hydrogens (tertiary/aromatic N) is 1. The first kappa shape index (κ1) is 15.1. The lowest BCUT2D eigenvalue weighted by molar-refractivity contribution is -0.139. The fraction of sp³-hybridized carbons (Fsp3) is 0.417. The largest absolute Gasteiger partial charge is 0.481 e. The molecule has 1 atom stereocenters. The van der Waals surface area contributed by atoms with Gasteiger partial charge in [0.05, 0.1) is 12.5 Å². The summed E-state index contributed by atoms with van der Waals surface area (Å²) >= 11 is 3.26. The van der Waals surface area contributed by atoms with E-state index in [1.807, 2.05) is 0 Å². The van der Waals surface area contributed by atoms with Crippen LogP contribution in [0.25, 0.3) is 0 Å². The number of carboxylic acids is 1. The molecular formula is C12H15BrFNO3. The Labute approximate surface area is 113 Å². The Balaban J connectivity index is 2.56. The summed E-state index contributed by atoms with van der Waals surface area (Å²) in [6.07, 6.45) is -1.27. The van der Waals surface area contributed by atoms with Gasteiger partial charge < -0.3 is 10.2 Å². The predicted octanol–water partition coefficient (Wildman–Crippen LogP) is 1.86. The first-order chi connectivity index (χ1) is 8.38. The van der Waals surface area contributed by atoms with Gasteiger partial charge in [-0.25, -0.2) is 4.39 Å². The van der Waals surface area contributed by atoms with E-state index >= 15 is 0 Å². The van der Waals surface area contributed by atoms with Gasteiger partial charge in [-0.1, -0.05) is 15.9 Å². The van der Waals surface area contributed by atoms with Crippen molar-refractivity contribution < 1.29 is 19.4 Å². The molecule has 1 aromatic rings. The second kappa shape index (κ2) is 6.82. The van der Waals surface area contributed by atoms with Crippen molar-refractivity contribution in [3.63, 3.8) is 0 Å². The molecule has 18 heavy (non-hydrogen) atoms.